The number of hydrogen-bond acceptors (Lipinski definition) is 5. The molecular weight excluding hydrogens is 733 g/mol. The highest BCUT2D eigenvalue weighted by atomic mass is 32.1. The van der Waals surface area contributed by atoms with Crippen LogP contribution in [-0.4, -0.2) is 22.4 Å². The quantitative estimate of drug-likeness (QED) is 0.186. The lowest BCUT2D eigenvalue weighted by atomic mass is 9.94. The highest BCUT2D eigenvalue weighted by Gasteiger charge is 2.27. The summed E-state index contributed by atoms with van der Waals surface area (Å²) in [6.07, 6.45) is 5.65. The second kappa shape index (κ2) is 13.0. The van der Waals surface area contributed by atoms with Crippen molar-refractivity contribution >= 4 is 98.6 Å². The third-order valence-corrected chi connectivity index (χ3v) is 14.0. The van der Waals surface area contributed by atoms with Gasteiger partial charge in [0.1, 0.15) is 12.0 Å². The zero-order valence-electron chi connectivity index (χ0n) is 30.8. The number of aliphatic imine (C=N–C) groups is 2. The molecule has 4 heterocycles. The van der Waals surface area contributed by atoms with Gasteiger partial charge in [0.25, 0.3) is 0 Å². The van der Waals surface area contributed by atoms with E-state index in [-0.39, 0.29) is 12.1 Å². The Morgan fingerprint density at radius 3 is 2.07 bits per heavy atom. The molecule has 4 nitrogen and oxygen atoms in total. The first kappa shape index (κ1) is 32.6. The molecule has 0 amide bonds. The lowest BCUT2D eigenvalue weighted by Crippen LogP contribution is -2.44. The van der Waals surface area contributed by atoms with Crippen LogP contribution in [0, 0.1) is 5.92 Å². The van der Waals surface area contributed by atoms with Gasteiger partial charge in [0.2, 0.25) is 0 Å². The van der Waals surface area contributed by atoms with Crippen LogP contribution in [0.3, 0.4) is 0 Å². The zero-order chi connectivity index (χ0) is 37.5. The van der Waals surface area contributed by atoms with Crippen LogP contribution in [0.5, 0.6) is 0 Å². The first-order valence-electron chi connectivity index (χ1n) is 19.5. The van der Waals surface area contributed by atoms with Crippen LogP contribution < -0.4 is 15.1 Å². The smallest absolute Gasteiger partial charge is 0.159 e. The third kappa shape index (κ3) is 5.25. The number of nitrogens with one attached hydrogen (secondary N) is 1. The Balaban J connectivity index is 0.983. The summed E-state index contributed by atoms with van der Waals surface area (Å²) in [4.78, 5) is 10.3. The molecule has 1 N–H and O–H groups in total. The van der Waals surface area contributed by atoms with Crippen molar-refractivity contribution in [2.24, 2.45) is 15.9 Å². The summed E-state index contributed by atoms with van der Waals surface area (Å²) >= 11 is 3.78. The molecule has 0 saturated heterocycles. The summed E-state index contributed by atoms with van der Waals surface area (Å²) in [7, 11) is 0. The van der Waals surface area contributed by atoms with Gasteiger partial charge in [0.15, 0.2) is 5.84 Å². The van der Waals surface area contributed by atoms with Gasteiger partial charge in [-0.1, -0.05) is 140 Å². The summed E-state index contributed by atoms with van der Waals surface area (Å²) in [5, 5.41) is 11.5. The van der Waals surface area contributed by atoms with E-state index in [2.05, 4.69) is 174 Å². The normalized spacial score (nSPS) is 16.6. The summed E-state index contributed by atoms with van der Waals surface area (Å²) < 4.78 is 7.71. The van der Waals surface area contributed by atoms with E-state index >= 15 is 0 Å². The van der Waals surface area contributed by atoms with E-state index < -0.39 is 0 Å². The SMILES string of the molecule is C1=c2sc3ccc(-c4cccc5sc6c(-n7c8ccccc8c8ccccc87)cccc6c45)cc3c2=CC(C2N=C(c3ccccc3)N=C(c3ccccc3)N2)C1. The predicted molar refractivity (Wildman–Crippen MR) is 244 cm³/mol. The van der Waals surface area contributed by atoms with Crippen molar-refractivity contribution in [3.63, 3.8) is 0 Å². The van der Waals surface area contributed by atoms with Crippen LogP contribution in [0.1, 0.15) is 17.5 Å². The maximum absolute atomic E-state index is 5.24. The number of hydrogen-bond donors (Lipinski definition) is 1. The van der Waals surface area contributed by atoms with Gasteiger partial charge in [0.05, 0.1) is 21.4 Å². The van der Waals surface area contributed by atoms with Gasteiger partial charge in [-0.3, -0.25) is 0 Å². The monoisotopic (exact) mass is 766 g/mol. The molecule has 57 heavy (non-hydrogen) atoms. The van der Waals surface area contributed by atoms with Crippen molar-refractivity contribution in [3.05, 3.63) is 185 Å². The molecule has 2 atom stereocenters. The fourth-order valence-corrected chi connectivity index (χ4v) is 11.3. The van der Waals surface area contributed by atoms with Crippen LogP contribution in [0.25, 0.3) is 81.0 Å². The van der Waals surface area contributed by atoms with Gasteiger partial charge in [-0.2, -0.15) is 0 Å². The molecule has 10 aromatic rings. The van der Waals surface area contributed by atoms with Crippen molar-refractivity contribution < 1.29 is 0 Å². The van der Waals surface area contributed by atoms with E-state index in [0.29, 0.717) is 0 Å². The molecule has 0 saturated carbocycles. The Morgan fingerprint density at radius 1 is 0.579 bits per heavy atom. The maximum Gasteiger partial charge on any atom is 0.159 e. The Labute approximate surface area is 336 Å². The minimum absolute atomic E-state index is 0.148. The number of rotatable bonds is 5. The molecule has 7 aromatic carbocycles. The standard InChI is InChI=1S/C51H34N4S2/c1-3-13-31(14-4-1)49-52-50(32-15-5-2-6-16-32)54-51(53-49)34-26-28-45-40(30-34)39-29-33(25-27-44(39)56-45)35-19-12-24-46-47(35)38-20-11-23-43(48(38)57-46)55-41-21-9-7-17-36(41)37-18-8-10-22-42(37)55/h1-25,27-30,34,51H,26H2,(H,52,53,54). The molecule has 0 bridgehead atoms. The molecule has 6 heteroatoms. The van der Waals surface area contributed by atoms with Gasteiger partial charge < -0.3 is 9.88 Å². The van der Waals surface area contributed by atoms with Crippen LogP contribution in [0.2, 0.25) is 0 Å². The highest BCUT2D eigenvalue weighted by Crippen LogP contribution is 2.44. The molecule has 0 radical (unpaired) electrons. The van der Waals surface area contributed by atoms with Gasteiger partial charge in [-0.15, -0.1) is 22.7 Å². The molecule has 1 aliphatic heterocycles. The average Bonchev–Trinajstić information content (AvgIpc) is 3.96. The van der Waals surface area contributed by atoms with E-state index in [1.165, 1.54) is 78.6 Å². The predicted octanol–water partition coefficient (Wildman–Crippen LogP) is 11.4. The second-order valence-corrected chi connectivity index (χ2v) is 17.0. The Morgan fingerprint density at radius 2 is 1.28 bits per heavy atom. The lowest BCUT2D eigenvalue weighted by Gasteiger charge is -2.28. The number of amidine groups is 2. The van der Waals surface area contributed by atoms with E-state index in [1.54, 1.807) is 0 Å². The summed E-state index contributed by atoms with van der Waals surface area (Å²) in [6.45, 7) is 0. The first-order valence-corrected chi connectivity index (χ1v) is 21.1. The van der Waals surface area contributed by atoms with Crippen LogP contribution in [0.4, 0.5) is 0 Å². The van der Waals surface area contributed by atoms with Crippen LogP contribution >= 0.6 is 22.7 Å². The highest BCUT2D eigenvalue weighted by molar-refractivity contribution is 7.26. The fraction of sp³-hybridized carbons (Fsp3) is 0.0588. The maximum atomic E-state index is 5.24. The minimum atomic E-state index is -0.148. The van der Waals surface area contributed by atoms with Crippen LogP contribution in [-0.2, 0) is 0 Å². The zero-order valence-corrected chi connectivity index (χ0v) is 32.4. The molecular formula is C51H34N4S2. The van der Waals surface area contributed by atoms with E-state index in [9.17, 15) is 0 Å². The average molecular weight is 767 g/mol. The van der Waals surface area contributed by atoms with Crippen molar-refractivity contribution in [2.45, 2.75) is 12.6 Å². The molecule has 2 unspecified atom stereocenters. The molecule has 12 rings (SSSR count). The number of benzene rings is 7. The lowest BCUT2D eigenvalue weighted by molar-refractivity contribution is 0.504. The Hall–Kier alpha value is -6.60. The third-order valence-electron chi connectivity index (χ3n) is 11.6. The topological polar surface area (TPSA) is 41.7 Å². The van der Waals surface area contributed by atoms with Crippen molar-refractivity contribution in [3.8, 4) is 16.8 Å². The van der Waals surface area contributed by atoms with E-state index in [4.69, 9.17) is 9.98 Å². The first-order chi connectivity index (χ1) is 28.2. The summed E-state index contributed by atoms with van der Waals surface area (Å²) in [5.41, 5.74) is 8.30. The number of aromatic nitrogens is 1. The number of para-hydroxylation sites is 2. The molecule has 0 spiro atoms. The van der Waals surface area contributed by atoms with Gasteiger partial charge in [-0.25, -0.2) is 9.98 Å². The minimum Gasteiger partial charge on any atom is -0.347 e. The van der Waals surface area contributed by atoms with E-state index in [0.717, 1.165) is 29.2 Å². The summed E-state index contributed by atoms with van der Waals surface area (Å²) in [5.74, 6) is 1.80. The molecule has 2 aliphatic rings. The van der Waals surface area contributed by atoms with E-state index in [1.807, 2.05) is 34.8 Å². The second-order valence-electron chi connectivity index (χ2n) is 14.9. The number of nitrogens with zero attached hydrogens (tertiary/aromatic N) is 3. The Bertz CT molecular complexity index is 3370. The van der Waals surface area contributed by atoms with Crippen molar-refractivity contribution in [1.29, 1.82) is 0 Å². The molecule has 270 valence electrons. The number of fused-ring (bicyclic) bond motifs is 9. The molecule has 0 fully saturated rings. The van der Waals surface area contributed by atoms with Gasteiger partial charge >= 0.3 is 0 Å². The van der Waals surface area contributed by atoms with Crippen molar-refractivity contribution in [2.75, 3.05) is 0 Å². The van der Waals surface area contributed by atoms with Crippen molar-refractivity contribution in [1.82, 2.24) is 9.88 Å². The molecule has 3 aromatic heterocycles. The number of thiophene rings is 2. The summed E-state index contributed by atoms with van der Waals surface area (Å²) in [6, 6.07) is 59.0. The largest absolute Gasteiger partial charge is 0.347 e. The van der Waals surface area contributed by atoms with Gasteiger partial charge in [0, 0.05) is 57.9 Å². The fourth-order valence-electron chi connectivity index (χ4n) is 8.95. The van der Waals surface area contributed by atoms with Crippen LogP contribution in [0.15, 0.2) is 174 Å². The molecule has 1 aliphatic carbocycles. The Kier molecular flexibility index (Phi) is 7.43. The van der Waals surface area contributed by atoms with Gasteiger partial charge in [-0.05, 0) is 59.2 Å².